The highest BCUT2D eigenvalue weighted by Crippen LogP contribution is 2.04. The van der Waals surface area contributed by atoms with Gasteiger partial charge in [0.25, 0.3) is 0 Å². The highest BCUT2D eigenvalue weighted by Gasteiger charge is 2.06. The molecule has 1 aliphatic heterocycles. The van der Waals surface area contributed by atoms with Crippen LogP contribution in [0.15, 0.2) is 0 Å². The van der Waals surface area contributed by atoms with Gasteiger partial charge in [-0.2, -0.15) is 0 Å². The molecule has 1 rings (SSSR count). The van der Waals surface area contributed by atoms with Crippen molar-refractivity contribution in [2.75, 3.05) is 26.7 Å². The lowest BCUT2D eigenvalue weighted by Gasteiger charge is -2.08. The molecule has 2 nitrogen and oxygen atoms in total. The van der Waals surface area contributed by atoms with Crippen molar-refractivity contribution in [2.24, 2.45) is 0 Å². The molecule has 1 fully saturated rings. The van der Waals surface area contributed by atoms with E-state index in [1.165, 1.54) is 32.5 Å². The summed E-state index contributed by atoms with van der Waals surface area (Å²) in [5.41, 5.74) is 0. The summed E-state index contributed by atoms with van der Waals surface area (Å²) < 4.78 is 0. The Morgan fingerprint density at radius 2 is 1.45 bits per heavy atom. The van der Waals surface area contributed by atoms with Crippen molar-refractivity contribution in [3.8, 4) is 0 Å². The third-order valence-electron chi connectivity index (χ3n) is 1.65. The van der Waals surface area contributed by atoms with Gasteiger partial charge in [0.1, 0.15) is 0 Å². The summed E-state index contributed by atoms with van der Waals surface area (Å²) in [6, 6.07) is 0. The first-order valence-corrected chi connectivity index (χ1v) is 4.60. The van der Waals surface area contributed by atoms with Crippen LogP contribution in [0.25, 0.3) is 0 Å². The van der Waals surface area contributed by atoms with Crippen molar-refractivity contribution in [3.63, 3.8) is 0 Å². The average molecular weight is 161 g/mol. The van der Waals surface area contributed by atoms with Gasteiger partial charge in [0.05, 0.1) is 0 Å². The van der Waals surface area contributed by atoms with E-state index < -0.39 is 0 Å². The summed E-state index contributed by atoms with van der Waals surface area (Å²) in [7, 11) is 1.00. The molecule has 0 aliphatic carbocycles. The van der Waals surface area contributed by atoms with Gasteiger partial charge in [0, 0.05) is 7.11 Å². The molecule has 0 aromatic heterocycles. The fraction of sp³-hybridized carbons (Fsp3) is 1.00. The van der Waals surface area contributed by atoms with Crippen LogP contribution in [0, 0.1) is 0 Å². The van der Waals surface area contributed by atoms with E-state index >= 15 is 0 Å². The number of hydrogen-bond acceptors (Lipinski definition) is 2. The lowest BCUT2D eigenvalue weighted by molar-refractivity contribution is 0.359. The third-order valence-corrected chi connectivity index (χ3v) is 1.65. The maximum absolute atomic E-state index is 7.00. The molecule has 0 spiro atoms. The summed E-state index contributed by atoms with van der Waals surface area (Å²) in [6.45, 7) is 10.2. The second kappa shape index (κ2) is 12.6. The van der Waals surface area contributed by atoms with E-state index in [2.05, 4.69) is 11.8 Å². The van der Waals surface area contributed by atoms with E-state index in [1.807, 2.05) is 13.8 Å². The lowest BCUT2D eigenvalue weighted by atomic mass is 10.4. The fourth-order valence-electron chi connectivity index (χ4n) is 1.10. The van der Waals surface area contributed by atoms with Crippen LogP contribution in [0.3, 0.4) is 0 Å². The summed E-state index contributed by atoms with van der Waals surface area (Å²) in [5, 5.41) is 7.00. The van der Waals surface area contributed by atoms with Crippen molar-refractivity contribution >= 4 is 0 Å². The van der Waals surface area contributed by atoms with Crippen LogP contribution in [0.5, 0.6) is 0 Å². The zero-order chi connectivity index (χ0) is 9.11. The zero-order valence-corrected chi connectivity index (χ0v) is 8.43. The number of aliphatic hydroxyl groups is 1. The van der Waals surface area contributed by atoms with E-state index in [0.29, 0.717) is 0 Å². The number of hydrogen-bond donors (Lipinski definition) is 1. The number of likely N-dealkylation sites (tertiary alicyclic amines) is 1. The first kappa shape index (κ1) is 13.5. The summed E-state index contributed by atoms with van der Waals surface area (Å²) >= 11 is 0. The van der Waals surface area contributed by atoms with Crippen LogP contribution in [0.2, 0.25) is 0 Å². The monoisotopic (exact) mass is 161 g/mol. The van der Waals surface area contributed by atoms with E-state index in [4.69, 9.17) is 5.11 Å². The second-order valence-corrected chi connectivity index (χ2v) is 2.14. The van der Waals surface area contributed by atoms with Crippen LogP contribution in [-0.4, -0.2) is 36.8 Å². The molecular weight excluding hydrogens is 138 g/mol. The molecule has 0 atom stereocenters. The normalized spacial score (nSPS) is 16.1. The highest BCUT2D eigenvalue weighted by atomic mass is 16.2. The minimum Gasteiger partial charge on any atom is -0.400 e. The minimum atomic E-state index is 1.00. The Kier molecular flexibility index (Phi) is 15.4. The third kappa shape index (κ3) is 7.82. The van der Waals surface area contributed by atoms with Gasteiger partial charge in [-0.1, -0.05) is 20.8 Å². The molecule has 2 heteroatoms. The number of rotatable bonds is 1. The Morgan fingerprint density at radius 1 is 1.09 bits per heavy atom. The van der Waals surface area contributed by atoms with Crippen LogP contribution < -0.4 is 0 Å². The Balaban J connectivity index is 0. The van der Waals surface area contributed by atoms with Crippen molar-refractivity contribution in [1.82, 2.24) is 4.90 Å². The molecule has 0 saturated carbocycles. The quantitative estimate of drug-likeness (QED) is 0.633. The molecule has 70 valence electrons. The summed E-state index contributed by atoms with van der Waals surface area (Å²) in [4.78, 5) is 2.49. The SMILES string of the molecule is CC.CCN1CCCC1.CO. The maximum Gasteiger partial charge on any atom is 0.0319 e. The molecule has 0 aromatic rings. The van der Waals surface area contributed by atoms with Crippen LogP contribution in [0.1, 0.15) is 33.6 Å². The molecule has 1 N–H and O–H groups in total. The van der Waals surface area contributed by atoms with Crippen LogP contribution in [0.4, 0.5) is 0 Å². The van der Waals surface area contributed by atoms with Gasteiger partial charge in [-0.05, 0) is 32.5 Å². The predicted molar refractivity (Wildman–Crippen MR) is 50.8 cm³/mol. The smallest absolute Gasteiger partial charge is 0.0319 e. The molecule has 0 radical (unpaired) electrons. The molecule has 11 heavy (non-hydrogen) atoms. The second-order valence-electron chi connectivity index (χ2n) is 2.14. The van der Waals surface area contributed by atoms with E-state index in [0.717, 1.165) is 7.11 Å². The number of aliphatic hydroxyl groups excluding tert-OH is 1. The Bertz CT molecular complexity index is 51.5. The molecule has 0 bridgehead atoms. The molecular formula is C9H23NO. The molecule has 0 aromatic carbocycles. The first-order valence-electron chi connectivity index (χ1n) is 4.60. The van der Waals surface area contributed by atoms with Gasteiger partial charge in [-0.15, -0.1) is 0 Å². The Morgan fingerprint density at radius 3 is 1.64 bits per heavy atom. The molecule has 1 aliphatic rings. The molecule has 0 unspecified atom stereocenters. The van der Waals surface area contributed by atoms with Gasteiger partial charge >= 0.3 is 0 Å². The Labute approximate surface area is 71.2 Å². The topological polar surface area (TPSA) is 23.5 Å². The van der Waals surface area contributed by atoms with Gasteiger partial charge in [-0.3, -0.25) is 0 Å². The van der Waals surface area contributed by atoms with Crippen molar-refractivity contribution in [1.29, 1.82) is 0 Å². The van der Waals surface area contributed by atoms with E-state index in [1.54, 1.807) is 0 Å². The largest absolute Gasteiger partial charge is 0.400 e. The first-order chi connectivity index (χ1) is 5.43. The summed E-state index contributed by atoms with van der Waals surface area (Å²) in [5.74, 6) is 0. The zero-order valence-electron chi connectivity index (χ0n) is 8.43. The van der Waals surface area contributed by atoms with E-state index in [9.17, 15) is 0 Å². The highest BCUT2D eigenvalue weighted by molar-refractivity contribution is 4.62. The van der Waals surface area contributed by atoms with Crippen LogP contribution in [-0.2, 0) is 0 Å². The fourth-order valence-corrected chi connectivity index (χ4v) is 1.10. The maximum atomic E-state index is 7.00. The van der Waals surface area contributed by atoms with Crippen LogP contribution >= 0.6 is 0 Å². The lowest BCUT2D eigenvalue weighted by Crippen LogP contribution is -2.17. The van der Waals surface area contributed by atoms with Crippen molar-refractivity contribution in [3.05, 3.63) is 0 Å². The van der Waals surface area contributed by atoms with E-state index in [-0.39, 0.29) is 0 Å². The molecule has 1 saturated heterocycles. The minimum absolute atomic E-state index is 1.00. The number of nitrogens with zero attached hydrogens (tertiary/aromatic N) is 1. The molecule has 1 heterocycles. The summed E-state index contributed by atoms with van der Waals surface area (Å²) in [6.07, 6.45) is 2.85. The Hall–Kier alpha value is -0.0800. The van der Waals surface area contributed by atoms with Crippen molar-refractivity contribution < 1.29 is 5.11 Å². The van der Waals surface area contributed by atoms with Crippen molar-refractivity contribution in [2.45, 2.75) is 33.6 Å². The molecule has 0 amide bonds. The van der Waals surface area contributed by atoms with Gasteiger partial charge in [0.2, 0.25) is 0 Å². The standard InChI is InChI=1S/C6H13N.C2H6.CH4O/c1-2-7-5-3-4-6-7;2*1-2/h2-6H2,1H3;1-2H3;2H,1H3. The van der Waals surface area contributed by atoms with Gasteiger partial charge in [-0.25, -0.2) is 0 Å². The van der Waals surface area contributed by atoms with Gasteiger partial charge < -0.3 is 10.0 Å². The van der Waals surface area contributed by atoms with Gasteiger partial charge in [0.15, 0.2) is 0 Å². The predicted octanol–water partition coefficient (Wildman–Crippen LogP) is 1.74. The average Bonchev–Trinajstić information content (AvgIpc) is 2.63.